The molecule has 7 heteroatoms. The summed E-state index contributed by atoms with van der Waals surface area (Å²) in [6.45, 7) is 7.81. The first-order chi connectivity index (χ1) is 13.9. The Labute approximate surface area is 176 Å². The maximum atomic E-state index is 12.8. The van der Waals surface area contributed by atoms with Crippen LogP contribution in [0, 0.1) is 6.92 Å². The van der Waals surface area contributed by atoms with Gasteiger partial charge in [-0.1, -0.05) is 38.1 Å². The van der Waals surface area contributed by atoms with Crippen LogP contribution in [-0.4, -0.2) is 39.5 Å². The predicted octanol–water partition coefficient (Wildman–Crippen LogP) is 3.68. The Kier molecular flexibility index (Phi) is 6.90. The van der Waals surface area contributed by atoms with Crippen molar-refractivity contribution in [2.24, 2.45) is 0 Å². The predicted molar refractivity (Wildman–Crippen MR) is 115 cm³/mol. The summed E-state index contributed by atoms with van der Waals surface area (Å²) in [6.07, 6.45) is 3.50. The first kappa shape index (κ1) is 21.3. The van der Waals surface area contributed by atoms with Gasteiger partial charge in [-0.2, -0.15) is 0 Å². The van der Waals surface area contributed by atoms with E-state index < -0.39 is 0 Å². The highest BCUT2D eigenvalue weighted by Crippen LogP contribution is 2.23. The summed E-state index contributed by atoms with van der Waals surface area (Å²) in [5.41, 5.74) is 3.33. The van der Waals surface area contributed by atoms with E-state index in [0.29, 0.717) is 35.8 Å². The third kappa shape index (κ3) is 5.15. The van der Waals surface area contributed by atoms with Crippen molar-refractivity contribution in [3.63, 3.8) is 0 Å². The molecule has 1 aliphatic rings. The Morgan fingerprint density at radius 2 is 2.03 bits per heavy atom. The molecule has 0 spiro atoms. The maximum Gasteiger partial charge on any atom is 0.256 e. The zero-order valence-corrected chi connectivity index (χ0v) is 18.3. The standard InChI is InChI=1S/C22H28N4O2S/c1-14(2)20-24-15(3)19(22(25-20)29-4)21(28)23-12-16-7-5-8-17(11-16)13-26-10-6-9-18(26)27/h5,7-8,11,14H,6,9-10,12-13H2,1-4H3,(H,23,28). The van der Waals surface area contributed by atoms with Crippen LogP contribution in [0.5, 0.6) is 0 Å². The van der Waals surface area contributed by atoms with Gasteiger partial charge in [-0.05, 0) is 30.7 Å². The second-order valence-corrected chi connectivity index (χ2v) is 8.42. The summed E-state index contributed by atoms with van der Waals surface area (Å²) < 4.78 is 0. The number of aryl methyl sites for hydroxylation is 1. The average Bonchev–Trinajstić information content (AvgIpc) is 3.10. The third-order valence-electron chi connectivity index (χ3n) is 5.00. The second-order valence-electron chi connectivity index (χ2n) is 7.63. The molecule has 29 heavy (non-hydrogen) atoms. The summed E-state index contributed by atoms with van der Waals surface area (Å²) in [4.78, 5) is 35.7. The van der Waals surface area contributed by atoms with E-state index in [9.17, 15) is 9.59 Å². The van der Waals surface area contributed by atoms with Gasteiger partial charge >= 0.3 is 0 Å². The van der Waals surface area contributed by atoms with Gasteiger partial charge in [-0.3, -0.25) is 9.59 Å². The van der Waals surface area contributed by atoms with Crippen LogP contribution >= 0.6 is 11.8 Å². The average molecular weight is 413 g/mol. The van der Waals surface area contributed by atoms with Gasteiger partial charge in [0.15, 0.2) is 0 Å². The number of hydrogen-bond acceptors (Lipinski definition) is 5. The van der Waals surface area contributed by atoms with Gasteiger partial charge in [0.05, 0.1) is 11.3 Å². The van der Waals surface area contributed by atoms with Crippen molar-refractivity contribution in [3.05, 3.63) is 52.5 Å². The lowest BCUT2D eigenvalue weighted by Gasteiger charge is -2.16. The number of nitrogens with one attached hydrogen (secondary N) is 1. The quantitative estimate of drug-likeness (QED) is 0.555. The van der Waals surface area contributed by atoms with Crippen LogP contribution < -0.4 is 5.32 Å². The van der Waals surface area contributed by atoms with Gasteiger partial charge in [0.2, 0.25) is 5.91 Å². The van der Waals surface area contributed by atoms with E-state index in [-0.39, 0.29) is 17.7 Å². The maximum absolute atomic E-state index is 12.8. The Morgan fingerprint density at radius 3 is 2.69 bits per heavy atom. The van der Waals surface area contributed by atoms with Gasteiger partial charge in [-0.25, -0.2) is 9.97 Å². The number of nitrogens with zero attached hydrogens (tertiary/aromatic N) is 3. The largest absolute Gasteiger partial charge is 0.348 e. The molecule has 0 aliphatic carbocycles. The third-order valence-corrected chi connectivity index (χ3v) is 5.68. The molecule has 0 radical (unpaired) electrons. The van der Waals surface area contributed by atoms with Crippen LogP contribution in [0.4, 0.5) is 0 Å². The molecule has 1 aliphatic heterocycles. The van der Waals surface area contributed by atoms with Crippen LogP contribution in [0.1, 0.15) is 65.6 Å². The topological polar surface area (TPSA) is 75.2 Å². The number of rotatable bonds is 7. The first-order valence-electron chi connectivity index (χ1n) is 9.95. The van der Waals surface area contributed by atoms with Crippen molar-refractivity contribution in [2.75, 3.05) is 12.8 Å². The Balaban J connectivity index is 1.69. The smallest absolute Gasteiger partial charge is 0.256 e. The first-order valence-corrected chi connectivity index (χ1v) is 11.2. The van der Waals surface area contributed by atoms with Crippen molar-refractivity contribution in [1.82, 2.24) is 20.2 Å². The summed E-state index contributed by atoms with van der Waals surface area (Å²) in [7, 11) is 0. The molecule has 1 aromatic heterocycles. The molecule has 0 atom stereocenters. The monoisotopic (exact) mass is 412 g/mol. The SMILES string of the molecule is CSc1nc(C(C)C)nc(C)c1C(=O)NCc1cccc(CN2CCCC2=O)c1. The number of thioether (sulfide) groups is 1. The molecule has 0 bridgehead atoms. The molecule has 1 fully saturated rings. The van der Waals surface area contributed by atoms with Gasteiger partial charge in [0, 0.05) is 32.0 Å². The highest BCUT2D eigenvalue weighted by Gasteiger charge is 2.21. The number of carbonyl (C=O) groups excluding carboxylic acids is 2. The minimum Gasteiger partial charge on any atom is -0.348 e. The molecule has 6 nitrogen and oxygen atoms in total. The van der Waals surface area contributed by atoms with Gasteiger partial charge in [-0.15, -0.1) is 11.8 Å². The van der Waals surface area contributed by atoms with E-state index in [2.05, 4.69) is 15.3 Å². The number of hydrogen-bond donors (Lipinski definition) is 1. The Hall–Kier alpha value is -2.41. The van der Waals surface area contributed by atoms with Crippen molar-refractivity contribution >= 4 is 23.6 Å². The van der Waals surface area contributed by atoms with Crippen molar-refractivity contribution in [1.29, 1.82) is 0 Å². The molecule has 154 valence electrons. The number of carbonyl (C=O) groups is 2. The van der Waals surface area contributed by atoms with E-state index in [1.807, 2.05) is 56.2 Å². The zero-order valence-electron chi connectivity index (χ0n) is 17.5. The number of aromatic nitrogens is 2. The van der Waals surface area contributed by atoms with E-state index >= 15 is 0 Å². The van der Waals surface area contributed by atoms with Crippen LogP contribution in [0.15, 0.2) is 29.3 Å². The van der Waals surface area contributed by atoms with E-state index in [0.717, 1.165) is 29.9 Å². The summed E-state index contributed by atoms with van der Waals surface area (Å²) in [5.74, 6) is 1.02. The summed E-state index contributed by atoms with van der Waals surface area (Å²) in [6, 6.07) is 8.02. The van der Waals surface area contributed by atoms with Crippen molar-refractivity contribution in [3.8, 4) is 0 Å². The molecular formula is C22H28N4O2S. The molecule has 2 heterocycles. The fraction of sp³-hybridized carbons (Fsp3) is 0.455. The summed E-state index contributed by atoms with van der Waals surface area (Å²) in [5, 5.41) is 3.70. The second kappa shape index (κ2) is 9.39. The molecular weight excluding hydrogens is 384 g/mol. The molecule has 0 saturated carbocycles. The fourth-order valence-corrected chi connectivity index (χ4v) is 4.06. The lowest BCUT2D eigenvalue weighted by atomic mass is 10.1. The van der Waals surface area contributed by atoms with Crippen LogP contribution in [0.2, 0.25) is 0 Å². The summed E-state index contributed by atoms with van der Waals surface area (Å²) >= 11 is 1.46. The minimum atomic E-state index is -0.165. The molecule has 0 unspecified atom stereocenters. The minimum absolute atomic E-state index is 0.165. The Bertz CT molecular complexity index is 914. The van der Waals surface area contributed by atoms with Gasteiger partial charge < -0.3 is 10.2 Å². The molecule has 1 saturated heterocycles. The van der Waals surface area contributed by atoms with E-state index in [1.54, 1.807) is 0 Å². The molecule has 1 N–H and O–H groups in total. The van der Waals surface area contributed by atoms with Gasteiger partial charge in [0.25, 0.3) is 5.91 Å². The number of benzene rings is 1. The number of amides is 2. The normalized spacial score (nSPS) is 14.0. The fourth-order valence-electron chi connectivity index (χ4n) is 3.44. The highest BCUT2D eigenvalue weighted by atomic mass is 32.2. The zero-order chi connectivity index (χ0) is 21.0. The lowest BCUT2D eigenvalue weighted by Crippen LogP contribution is -2.26. The van der Waals surface area contributed by atoms with Crippen LogP contribution in [0.25, 0.3) is 0 Å². The molecule has 2 aromatic rings. The van der Waals surface area contributed by atoms with Crippen LogP contribution in [0.3, 0.4) is 0 Å². The van der Waals surface area contributed by atoms with Crippen molar-refractivity contribution in [2.45, 2.75) is 57.6 Å². The van der Waals surface area contributed by atoms with Crippen molar-refractivity contribution < 1.29 is 9.59 Å². The van der Waals surface area contributed by atoms with E-state index in [1.165, 1.54) is 11.8 Å². The molecule has 3 rings (SSSR count). The van der Waals surface area contributed by atoms with Gasteiger partial charge in [0.1, 0.15) is 10.9 Å². The highest BCUT2D eigenvalue weighted by molar-refractivity contribution is 7.98. The van der Waals surface area contributed by atoms with Crippen LogP contribution in [-0.2, 0) is 17.9 Å². The van der Waals surface area contributed by atoms with E-state index in [4.69, 9.17) is 0 Å². The number of likely N-dealkylation sites (tertiary alicyclic amines) is 1. The lowest BCUT2D eigenvalue weighted by molar-refractivity contribution is -0.128. The Morgan fingerprint density at radius 1 is 1.28 bits per heavy atom. The molecule has 2 amide bonds. The molecule has 1 aromatic carbocycles.